The van der Waals surface area contributed by atoms with Gasteiger partial charge in [0.2, 0.25) is 5.91 Å². The first-order valence-corrected chi connectivity index (χ1v) is 10.7. The van der Waals surface area contributed by atoms with Gasteiger partial charge in [0.05, 0.1) is 9.15 Å². The summed E-state index contributed by atoms with van der Waals surface area (Å²) >= 11 is 11.4. The Balaban J connectivity index is 1.88. The van der Waals surface area contributed by atoms with Gasteiger partial charge in [0, 0.05) is 23.3 Å². The lowest BCUT2D eigenvalue weighted by Gasteiger charge is -2.66. The molecule has 4 rings (SSSR count). The molecule has 0 N–H and O–H groups in total. The van der Waals surface area contributed by atoms with E-state index in [1.165, 1.54) is 0 Å². The lowest BCUT2D eigenvalue weighted by Crippen LogP contribution is -2.72. The highest BCUT2D eigenvalue weighted by atomic mass is 79.9. The van der Waals surface area contributed by atoms with Crippen molar-refractivity contribution >= 4 is 53.7 Å². The quantitative estimate of drug-likeness (QED) is 0.508. The largest absolute Gasteiger partial charge is 0.342 e. The van der Waals surface area contributed by atoms with Gasteiger partial charge >= 0.3 is 0 Å². The number of carbonyl (C=O) groups excluding carboxylic acids is 1. The predicted molar refractivity (Wildman–Crippen MR) is 97.2 cm³/mol. The molecule has 2 nitrogen and oxygen atoms in total. The fraction of sp³-hybridized carbons (Fsp3) is 0.938. The summed E-state index contributed by atoms with van der Waals surface area (Å²) in [5.74, 6) is 1.16. The van der Waals surface area contributed by atoms with Gasteiger partial charge in [-0.15, -0.1) is 0 Å². The highest BCUT2D eigenvalue weighted by Gasteiger charge is 2.83. The number of fused-ring (bicyclic) bond motifs is 1. The van der Waals surface area contributed by atoms with Crippen LogP contribution >= 0.6 is 47.8 Å². The van der Waals surface area contributed by atoms with Gasteiger partial charge in [0.25, 0.3) is 0 Å². The number of amides is 1. The normalized spacial score (nSPS) is 42.2. The maximum absolute atomic E-state index is 13.3. The molecule has 3 saturated carbocycles. The van der Waals surface area contributed by atoms with Crippen LogP contribution in [0.2, 0.25) is 0 Å². The van der Waals surface area contributed by atoms with Crippen LogP contribution in [0.3, 0.4) is 0 Å². The van der Waals surface area contributed by atoms with Gasteiger partial charge in [-0.3, -0.25) is 4.79 Å². The number of alkyl halides is 3. The Morgan fingerprint density at radius 3 is 2.19 bits per heavy atom. The van der Waals surface area contributed by atoms with Crippen LogP contribution in [-0.2, 0) is 4.79 Å². The Labute approximate surface area is 153 Å². The molecular formula is C16H24Br3NO. The second-order valence-corrected chi connectivity index (χ2v) is 11.8. The van der Waals surface area contributed by atoms with E-state index in [-0.39, 0.29) is 24.8 Å². The molecule has 4 fully saturated rings. The Morgan fingerprint density at radius 2 is 1.76 bits per heavy atom. The molecule has 4 aliphatic rings. The Hall–Kier alpha value is 0.910. The summed E-state index contributed by atoms with van der Waals surface area (Å²) in [6.45, 7) is 8.75. The number of nitrogens with zero attached hydrogens (tertiary/aromatic N) is 1. The van der Waals surface area contributed by atoms with Crippen LogP contribution in [-0.4, -0.2) is 32.5 Å². The zero-order chi connectivity index (χ0) is 15.6. The van der Waals surface area contributed by atoms with Gasteiger partial charge in [0.15, 0.2) is 0 Å². The maximum atomic E-state index is 13.3. The third-order valence-corrected chi connectivity index (χ3v) is 10.2. The molecule has 3 aliphatic carbocycles. The lowest BCUT2D eigenvalue weighted by molar-refractivity contribution is -0.174. The van der Waals surface area contributed by atoms with E-state index in [4.69, 9.17) is 0 Å². The third kappa shape index (κ3) is 1.83. The molecule has 5 heteroatoms. The van der Waals surface area contributed by atoms with Crippen molar-refractivity contribution in [3.05, 3.63) is 0 Å². The number of likely N-dealkylation sites (tertiary alicyclic amines) is 1. The first-order chi connectivity index (χ1) is 9.71. The number of rotatable bonds is 2. The molecule has 0 aromatic heterocycles. The molecule has 3 atom stereocenters. The molecule has 0 spiro atoms. The van der Waals surface area contributed by atoms with Crippen molar-refractivity contribution in [1.29, 1.82) is 0 Å². The summed E-state index contributed by atoms with van der Waals surface area (Å²) in [4.78, 5) is 15.7. The zero-order valence-corrected chi connectivity index (χ0v) is 17.7. The van der Waals surface area contributed by atoms with E-state index in [1.807, 2.05) is 0 Å². The summed E-state index contributed by atoms with van der Waals surface area (Å²) in [7, 11) is 0. The zero-order valence-electron chi connectivity index (χ0n) is 13.0. The third-order valence-electron chi connectivity index (χ3n) is 6.94. The minimum Gasteiger partial charge on any atom is -0.342 e. The number of hydrogen-bond donors (Lipinski definition) is 0. The summed E-state index contributed by atoms with van der Waals surface area (Å²) < 4.78 is 0.252. The molecule has 0 unspecified atom stereocenters. The van der Waals surface area contributed by atoms with Crippen molar-refractivity contribution in [3.63, 3.8) is 0 Å². The first kappa shape index (κ1) is 16.8. The molecule has 0 radical (unpaired) electrons. The van der Waals surface area contributed by atoms with Gasteiger partial charge in [0.1, 0.15) is 0 Å². The standard InChI is InChI=1S/C16H24Br3NO/c1-10-4-8-20(9-5-10)13(21)16-7-6-15(11(16)17,12(18)19)14(16,2)3/h10-12H,4-9H2,1-3H3/t11-,15+,16-/m1/s1. The van der Waals surface area contributed by atoms with E-state index < -0.39 is 0 Å². The van der Waals surface area contributed by atoms with Gasteiger partial charge in [-0.25, -0.2) is 0 Å². The second-order valence-electron chi connectivity index (χ2n) is 7.77. The van der Waals surface area contributed by atoms with E-state index in [0.717, 1.165) is 44.7 Å². The van der Waals surface area contributed by atoms with Crippen molar-refractivity contribution in [1.82, 2.24) is 4.90 Å². The van der Waals surface area contributed by atoms with E-state index in [0.29, 0.717) is 5.91 Å². The van der Waals surface area contributed by atoms with Crippen LogP contribution in [0.1, 0.15) is 46.5 Å². The number of hydrogen-bond acceptors (Lipinski definition) is 1. The molecule has 1 amide bonds. The van der Waals surface area contributed by atoms with Gasteiger partial charge < -0.3 is 4.90 Å². The summed E-state index contributed by atoms with van der Waals surface area (Å²) in [6, 6.07) is 0. The topological polar surface area (TPSA) is 20.3 Å². The van der Waals surface area contributed by atoms with Gasteiger partial charge in [-0.1, -0.05) is 68.6 Å². The monoisotopic (exact) mass is 483 g/mol. The molecule has 0 aromatic rings. The van der Waals surface area contributed by atoms with Gasteiger partial charge in [-0.05, 0) is 37.0 Å². The molecular weight excluding hydrogens is 462 g/mol. The van der Waals surface area contributed by atoms with E-state index in [1.54, 1.807) is 0 Å². The number of piperidine rings is 1. The molecule has 21 heavy (non-hydrogen) atoms. The Kier molecular flexibility index (Phi) is 4.15. The number of carbonyl (C=O) groups is 1. The average Bonchev–Trinajstić information content (AvgIpc) is 2.88. The van der Waals surface area contributed by atoms with Crippen LogP contribution in [0.5, 0.6) is 0 Å². The van der Waals surface area contributed by atoms with Crippen molar-refractivity contribution in [2.45, 2.75) is 55.0 Å². The van der Waals surface area contributed by atoms with E-state index >= 15 is 0 Å². The Morgan fingerprint density at radius 1 is 1.19 bits per heavy atom. The molecule has 0 aromatic carbocycles. The predicted octanol–water partition coefficient (Wildman–Crippen LogP) is 4.93. The first-order valence-electron chi connectivity index (χ1n) is 7.93. The summed E-state index contributed by atoms with van der Waals surface area (Å²) in [5.41, 5.74) is -0.0644. The molecule has 1 saturated heterocycles. The molecule has 1 aliphatic heterocycles. The second kappa shape index (κ2) is 5.20. The molecule has 1 heterocycles. The maximum Gasteiger partial charge on any atom is 0.230 e. The van der Waals surface area contributed by atoms with Crippen LogP contribution < -0.4 is 0 Å². The fourth-order valence-corrected chi connectivity index (χ4v) is 10.1. The van der Waals surface area contributed by atoms with E-state index in [9.17, 15) is 4.79 Å². The summed E-state index contributed by atoms with van der Waals surface area (Å²) in [5, 5.41) is 0. The minimum atomic E-state index is -0.215. The Bertz CT molecular complexity index is 458. The van der Waals surface area contributed by atoms with Crippen LogP contribution in [0.15, 0.2) is 0 Å². The SMILES string of the molecule is CC1CCN(C(=O)[C@@]23CC[C@@](C(Br)Br)([C@H]2Br)C3(C)C)CC1. The van der Waals surface area contributed by atoms with E-state index in [2.05, 4.69) is 73.5 Å². The van der Waals surface area contributed by atoms with Crippen molar-refractivity contribution in [2.24, 2.45) is 22.2 Å². The van der Waals surface area contributed by atoms with Crippen molar-refractivity contribution in [3.8, 4) is 0 Å². The van der Waals surface area contributed by atoms with Crippen LogP contribution in [0.25, 0.3) is 0 Å². The number of halogens is 3. The fourth-order valence-electron chi connectivity index (χ4n) is 5.16. The smallest absolute Gasteiger partial charge is 0.230 e. The van der Waals surface area contributed by atoms with Crippen molar-refractivity contribution < 1.29 is 4.79 Å². The molecule has 2 bridgehead atoms. The lowest BCUT2D eigenvalue weighted by atomic mass is 9.43. The highest BCUT2D eigenvalue weighted by molar-refractivity contribution is 9.24. The van der Waals surface area contributed by atoms with Crippen LogP contribution in [0.4, 0.5) is 0 Å². The van der Waals surface area contributed by atoms with Crippen LogP contribution in [0, 0.1) is 22.2 Å². The highest BCUT2D eigenvalue weighted by Crippen LogP contribution is 2.82. The van der Waals surface area contributed by atoms with Gasteiger partial charge in [-0.2, -0.15) is 0 Å². The minimum absolute atomic E-state index is 0.0198. The summed E-state index contributed by atoms with van der Waals surface area (Å²) in [6.07, 6.45) is 4.42. The molecule has 120 valence electrons. The van der Waals surface area contributed by atoms with Crippen molar-refractivity contribution in [2.75, 3.05) is 13.1 Å². The average molecular weight is 486 g/mol.